The van der Waals surface area contributed by atoms with E-state index < -0.39 is 12.2 Å². The van der Waals surface area contributed by atoms with Gasteiger partial charge in [-0.3, -0.25) is 0 Å². The minimum absolute atomic E-state index is 0.0443. The lowest BCUT2D eigenvalue weighted by molar-refractivity contribution is -0.154. The Morgan fingerprint density at radius 1 is 1.07 bits per heavy atom. The molecule has 1 saturated heterocycles. The van der Waals surface area contributed by atoms with E-state index in [9.17, 15) is 20.4 Å². The Hall–Kier alpha value is -3.20. The summed E-state index contributed by atoms with van der Waals surface area (Å²) in [6, 6.07) is 9.54. The van der Waals surface area contributed by atoms with Crippen LogP contribution in [0.3, 0.4) is 0 Å². The molecule has 6 atom stereocenters. The zero-order chi connectivity index (χ0) is 29.8. The zero-order valence-electron chi connectivity index (χ0n) is 25.0. The number of aromatic hydroxyl groups is 3. The Balaban J connectivity index is 1.36. The van der Waals surface area contributed by atoms with Gasteiger partial charge in [-0.05, 0) is 104 Å². The number of aromatic nitrogens is 1. The Morgan fingerprint density at radius 3 is 2.64 bits per heavy atom. The molecule has 228 valence electrons. The van der Waals surface area contributed by atoms with Gasteiger partial charge in [0, 0.05) is 36.7 Å². The number of hydrogen-bond donors (Lipinski definition) is 6. The fourth-order valence-electron chi connectivity index (χ4n) is 6.96. The zero-order valence-corrected chi connectivity index (χ0v) is 25.0. The molecule has 8 heteroatoms. The molecule has 5 rings (SSSR count). The number of rotatable bonds is 11. The van der Waals surface area contributed by atoms with Crippen molar-refractivity contribution in [2.75, 3.05) is 20.7 Å². The number of nitrogens with one attached hydrogen (secondary N) is 2. The Morgan fingerprint density at radius 2 is 1.90 bits per heavy atom. The van der Waals surface area contributed by atoms with Gasteiger partial charge in [-0.1, -0.05) is 19.1 Å². The highest BCUT2D eigenvalue weighted by molar-refractivity contribution is 5.59. The van der Waals surface area contributed by atoms with Crippen molar-refractivity contribution in [3.63, 3.8) is 0 Å². The maximum Gasteiger partial charge on any atom is 0.200 e. The second-order valence-electron chi connectivity index (χ2n) is 12.3. The summed E-state index contributed by atoms with van der Waals surface area (Å²) >= 11 is 0. The molecule has 8 nitrogen and oxygen atoms in total. The van der Waals surface area contributed by atoms with Gasteiger partial charge in [-0.2, -0.15) is 0 Å². The summed E-state index contributed by atoms with van der Waals surface area (Å²) in [5.74, 6) is 0.906. The number of aliphatic hydroxyl groups excluding tert-OH is 1. The Bertz CT molecular complexity index is 1330. The van der Waals surface area contributed by atoms with Crippen LogP contribution in [0, 0.1) is 11.8 Å². The average molecular weight is 579 g/mol. The van der Waals surface area contributed by atoms with E-state index in [4.69, 9.17) is 9.47 Å². The van der Waals surface area contributed by atoms with Gasteiger partial charge in [0.1, 0.15) is 5.75 Å². The molecular weight excluding hydrogens is 532 g/mol. The van der Waals surface area contributed by atoms with Gasteiger partial charge >= 0.3 is 0 Å². The highest BCUT2D eigenvalue weighted by Crippen LogP contribution is 2.50. The second kappa shape index (κ2) is 13.4. The number of aliphatic hydroxyl groups is 1. The van der Waals surface area contributed by atoms with Gasteiger partial charge in [0.25, 0.3) is 0 Å². The SMILES string of the molecule is CNCC[C@H](C)CCc1cc([C@@H]2CC[C@H]3[C@H](C2)O[C@H](c2cc(O)c(O)c(OC)c2Cc2cc[nH]c2)C[C@@H]3O)ccc1O. The van der Waals surface area contributed by atoms with Crippen LogP contribution < -0.4 is 10.1 Å². The summed E-state index contributed by atoms with van der Waals surface area (Å²) in [5.41, 5.74) is 4.67. The first kappa shape index (κ1) is 30.3. The molecule has 2 fully saturated rings. The van der Waals surface area contributed by atoms with Crippen LogP contribution in [0.5, 0.6) is 23.0 Å². The molecule has 0 amide bonds. The fraction of sp³-hybridized carbons (Fsp3) is 0.529. The van der Waals surface area contributed by atoms with Crippen LogP contribution in [0.1, 0.15) is 85.3 Å². The van der Waals surface area contributed by atoms with E-state index in [1.807, 2.05) is 37.6 Å². The van der Waals surface area contributed by atoms with E-state index in [2.05, 4.69) is 23.3 Å². The molecule has 0 spiro atoms. The molecule has 1 aliphatic carbocycles. The van der Waals surface area contributed by atoms with Crippen molar-refractivity contribution < 1.29 is 29.9 Å². The van der Waals surface area contributed by atoms with E-state index in [0.29, 0.717) is 24.5 Å². The fourth-order valence-corrected chi connectivity index (χ4v) is 6.96. The first-order valence-electron chi connectivity index (χ1n) is 15.3. The quantitative estimate of drug-likeness (QED) is 0.162. The van der Waals surface area contributed by atoms with Crippen LogP contribution in [-0.4, -0.2) is 58.3 Å². The lowest BCUT2D eigenvalue weighted by Crippen LogP contribution is -2.44. The lowest BCUT2D eigenvalue weighted by Gasteiger charge is -2.45. The molecule has 1 aromatic heterocycles. The molecule has 0 bridgehead atoms. The number of aromatic amines is 1. The van der Waals surface area contributed by atoms with Gasteiger partial charge in [0.15, 0.2) is 11.5 Å². The third-order valence-electron chi connectivity index (χ3n) is 9.47. The predicted molar refractivity (Wildman–Crippen MR) is 162 cm³/mol. The van der Waals surface area contributed by atoms with Crippen molar-refractivity contribution in [2.24, 2.45) is 11.8 Å². The number of phenolic OH excluding ortho intramolecular Hbond substituents is 3. The van der Waals surface area contributed by atoms with Gasteiger partial charge in [-0.25, -0.2) is 0 Å². The normalized spacial score (nSPS) is 24.7. The third-order valence-corrected chi connectivity index (χ3v) is 9.47. The minimum Gasteiger partial charge on any atom is -0.508 e. The minimum atomic E-state index is -0.536. The van der Waals surface area contributed by atoms with E-state index in [1.165, 1.54) is 12.7 Å². The number of hydrogen-bond acceptors (Lipinski definition) is 7. The van der Waals surface area contributed by atoms with Gasteiger partial charge < -0.3 is 40.2 Å². The van der Waals surface area contributed by atoms with Crippen LogP contribution in [0.25, 0.3) is 0 Å². The van der Waals surface area contributed by atoms with Gasteiger partial charge in [0.2, 0.25) is 5.75 Å². The average Bonchev–Trinajstić information content (AvgIpc) is 3.50. The van der Waals surface area contributed by atoms with Crippen LogP contribution in [0.15, 0.2) is 42.7 Å². The Kier molecular flexibility index (Phi) is 9.66. The number of methoxy groups -OCH3 is 1. The highest BCUT2D eigenvalue weighted by Gasteiger charge is 2.43. The molecule has 6 N–H and O–H groups in total. The first-order chi connectivity index (χ1) is 20.3. The first-order valence-corrected chi connectivity index (χ1v) is 15.3. The van der Waals surface area contributed by atoms with Crippen molar-refractivity contribution in [1.82, 2.24) is 10.3 Å². The van der Waals surface area contributed by atoms with Crippen molar-refractivity contribution in [2.45, 2.75) is 82.5 Å². The second-order valence-corrected chi connectivity index (χ2v) is 12.3. The molecule has 42 heavy (non-hydrogen) atoms. The summed E-state index contributed by atoms with van der Waals surface area (Å²) in [7, 11) is 3.45. The summed E-state index contributed by atoms with van der Waals surface area (Å²) in [6.45, 7) is 3.25. The van der Waals surface area contributed by atoms with Crippen molar-refractivity contribution in [3.05, 3.63) is 70.5 Å². The van der Waals surface area contributed by atoms with E-state index in [-0.39, 0.29) is 35.2 Å². The maximum absolute atomic E-state index is 11.3. The molecule has 2 aromatic carbocycles. The Labute approximate surface area is 248 Å². The largest absolute Gasteiger partial charge is 0.508 e. The third kappa shape index (κ3) is 6.56. The van der Waals surface area contributed by atoms with Crippen LogP contribution in [0.2, 0.25) is 0 Å². The molecule has 2 aliphatic rings. The topological polar surface area (TPSA) is 127 Å². The predicted octanol–water partition coefficient (Wildman–Crippen LogP) is 5.68. The number of H-pyrrole nitrogens is 1. The van der Waals surface area contributed by atoms with Crippen molar-refractivity contribution in [3.8, 4) is 23.0 Å². The summed E-state index contributed by atoms with van der Waals surface area (Å²) in [5, 5.41) is 46.2. The number of benzene rings is 2. The smallest absolute Gasteiger partial charge is 0.200 e. The van der Waals surface area contributed by atoms with E-state index in [1.54, 1.807) is 6.07 Å². The van der Waals surface area contributed by atoms with Crippen molar-refractivity contribution >= 4 is 0 Å². The number of ether oxygens (including phenoxy) is 2. The van der Waals surface area contributed by atoms with Crippen molar-refractivity contribution in [1.29, 1.82) is 0 Å². The van der Waals surface area contributed by atoms with E-state index >= 15 is 0 Å². The maximum atomic E-state index is 11.3. The van der Waals surface area contributed by atoms with Gasteiger partial charge in [0.05, 0.1) is 25.4 Å². The molecule has 1 saturated carbocycles. The van der Waals surface area contributed by atoms with Crippen LogP contribution in [-0.2, 0) is 17.6 Å². The number of fused-ring (bicyclic) bond motifs is 1. The molecule has 0 unspecified atom stereocenters. The monoisotopic (exact) mass is 578 g/mol. The van der Waals surface area contributed by atoms with E-state index in [0.717, 1.165) is 67.3 Å². The summed E-state index contributed by atoms with van der Waals surface area (Å²) in [4.78, 5) is 3.06. The standard InChI is InChI=1S/C34H46N2O6/c1-20(10-12-35-2)4-5-24-15-22(7-9-28(24)37)23-6-8-25-29(38)18-32(42-31(25)16-23)26-17-30(39)33(40)34(41-3)27(26)14-21-11-13-36-19-21/h7,9,11,13,15,17,19-20,23,25,29,31-32,35-40H,4-6,8,10,12,14,16,18H2,1-3H3/t20-,23-,25-,29+,31+,32+/m1/s1. The lowest BCUT2D eigenvalue weighted by atomic mass is 9.71. The van der Waals surface area contributed by atoms with Crippen LogP contribution >= 0.6 is 0 Å². The highest BCUT2D eigenvalue weighted by atomic mass is 16.5. The molecule has 1 aliphatic heterocycles. The summed E-state index contributed by atoms with van der Waals surface area (Å²) < 4.78 is 12.3. The molecule has 3 aromatic rings. The number of aryl methyl sites for hydroxylation is 1. The molecule has 2 heterocycles. The molecular formula is C34H46N2O6. The van der Waals surface area contributed by atoms with Gasteiger partial charge in [-0.15, -0.1) is 0 Å². The van der Waals surface area contributed by atoms with Crippen LogP contribution in [0.4, 0.5) is 0 Å². The molecule has 0 radical (unpaired) electrons. The number of phenols is 3. The summed E-state index contributed by atoms with van der Waals surface area (Å²) in [6.07, 6.45) is 9.05.